The maximum atomic E-state index is 2.44. The number of nitrogens with zero attached hydrogens (tertiary/aromatic N) is 3. The third-order valence-electron chi connectivity index (χ3n) is 12.8. The highest BCUT2D eigenvalue weighted by Gasteiger charge is 2.38. The second-order valence-electron chi connectivity index (χ2n) is 17.0. The van der Waals surface area contributed by atoms with Crippen LogP contribution < -0.4 is 14.7 Å². The van der Waals surface area contributed by atoms with Crippen LogP contribution in [0.25, 0.3) is 33.0 Å². The first-order valence-corrected chi connectivity index (χ1v) is 22.1. The molecule has 306 valence electrons. The van der Waals surface area contributed by atoms with Gasteiger partial charge in [-0.1, -0.05) is 172 Å². The SMILES string of the molecule is CC1(C)c2cc(N(c3ccccc3)c3cc(N(c4ccccc4)c4ccccc4)cc(N(c4ccccc4)c4ccccc4)c3)ccc2-c2c(-c3cccc4ccccc34)cccc21. The summed E-state index contributed by atoms with van der Waals surface area (Å²) < 4.78 is 0. The fourth-order valence-corrected chi connectivity index (χ4v) is 9.79. The molecule has 0 bridgehead atoms. The number of rotatable bonds is 10. The number of anilines is 9. The van der Waals surface area contributed by atoms with E-state index in [0.29, 0.717) is 0 Å². The molecular weight excluding hydrogens is 775 g/mol. The Morgan fingerprint density at radius 2 is 0.656 bits per heavy atom. The second-order valence-corrected chi connectivity index (χ2v) is 17.0. The zero-order chi connectivity index (χ0) is 43.0. The molecule has 3 nitrogen and oxygen atoms in total. The van der Waals surface area contributed by atoms with E-state index >= 15 is 0 Å². The predicted octanol–water partition coefficient (Wildman–Crippen LogP) is 17.2. The van der Waals surface area contributed by atoms with Gasteiger partial charge in [0, 0.05) is 39.5 Å². The lowest BCUT2D eigenvalue weighted by molar-refractivity contribution is 0.660. The van der Waals surface area contributed by atoms with E-state index in [2.05, 4.69) is 277 Å². The Morgan fingerprint density at radius 3 is 1.14 bits per heavy atom. The van der Waals surface area contributed by atoms with Gasteiger partial charge in [0.05, 0.1) is 17.1 Å². The minimum atomic E-state index is -0.245. The lowest BCUT2D eigenvalue weighted by Crippen LogP contribution is -2.18. The van der Waals surface area contributed by atoms with Crippen molar-refractivity contribution in [3.63, 3.8) is 0 Å². The molecule has 3 heteroatoms. The highest BCUT2D eigenvalue weighted by atomic mass is 15.2. The van der Waals surface area contributed by atoms with Gasteiger partial charge < -0.3 is 14.7 Å². The van der Waals surface area contributed by atoms with Crippen molar-refractivity contribution in [3.8, 4) is 22.3 Å². The Balaban J connectivity index is 1.15. The zero-order valence-corrected chi connectivity index (χ0v) is 36.0. The molecule has 0 unspecified atom stereocenters. The molecule has 0 heterocycles. The van der Waals surface area contributed by atoms with Crippen molar-refractivity contribution in [1.29, 1.82) is 0 Å². The van der Waals surface area contributed by atoms with Crippen LogP contribution in [0.2, 0.25) is 0 Å². The summed E-state index contributed by atoms with van der Waals surface area (Å²) >= 11 is 0. The molecule has 1 aliphatic carbocycles. The van der Waals surface area contributed by atoms with E-state index in [9.17, 15) is 0 Å². The van der Waals surface area contributed by atoms with Gasteiger partial charge in [-0.15, -0.1) is 0 Å². The molecule has 10 aromatic carbocycles. The first-order chi connectivity index (χ1) is 31.5. The monoisotopic (exact) mass is 821 g/mol. The van der Waals surface area contributed by atoms with Crippen LogP contribution in [0.4, 0.5) is 51.2 Å². The minimum absolute atomic E-state index is 0.245. The Hall–Kier alpha value is -8.14. The van der Waals surface area contributed by atoms with Crippen molar-refractivity contribution >= 4 is 62.0 Å². The topological polar surface area (TPSA) is 9.72 Å². The largest absolute Gasteiger partial charge is 0.310 e. The molecule has 0 fully saturated rings. The third kappa shape index (κ3) is 6.88. The Kier molecular flexibility index (Phi) is 9.86. The summed E-state index contributed by atoms with van der Waals surface area (Å²) in [6.45, 7) is 4.77. The Labute approximate surface area is 376 Å². The summed E-state index contributed by atoms with van der Waals surface area (Å²) in [5, 5.41) is 2.52. The minimum Gasteiger partial charge on any atom is -0.310 e. The van der Waals surface area contributed by atoms with Crippen LogP contribution in [0.15, 0.2) is 249 Å². The van der Waals surface area contributed by atoms with Gasteiger partial charge in [0.1, 0.15) is 0 Å². The van der Waals surface area contributed by atoms with Crippen molar-refractivity contribution in [2.75, 3.05) is 14.7 Å². The number of para-hydroxylation sites is 5. The quantitative estimate of drug-likeness (QED) is 0.136. The average Bonchev–Trinajstić information content (AvgIpc) is 3.58. The maximum absolute atomic E-state index is 2.44. The lowest BCUT2D eigenvalue weighted by Gasteiger charge is -2.33. The predicted molar refractivity (Wildman–Crippen MR) is 271 cm³/mol. The van der Waals surface area contributed by atoms with E-state index in [-0.39, 0.29) is 5.41 Å². The van der Waals surface area contributed by atoms with Crippen LogP contribution >= 0.6 is 0 Å². The van der Waals surface area contributed by atoms with Gasteiger partial charge in [-0.3, -0.25) is 0 Å². The van der Waals surface area contributed by atoms with E-state index < -0.39 is 0 Å². The normalized spacial score (nSPS) is 12.3. The first kappa shape index (κ1) is 38.8. The Morgan fingerprint density at radius 1 is 0.266 bits per heavy atom. The molecule has 0 saturated heterocycles. The number of hydrogen-bond acceptors (Lipinski definition) is 3. The van der Waals surface area contributed by atoms with Crippen molar-refractivity contribution in [2.24, 2.45) is 0 Å². The van der Waals surface area contributed by atoms with E-state index in [0.717, 1.165) is 51.2 Å². The highest BCUT2D eigenvalue weighted by Crippen LogP contribution is 2.55. The fourth-order valence-electron chi connectivity index (χ4n) is 9.79. The van der Waals surface area contributed by atoms with Crippen LogP contribution in [-0.4, -0.2) is 0 Å². The first-order valence-electron chi connectivity index (χ1n) is 22.1. The molecule has 0 radical (unpaired) electrons. The molecular formula is C61H47N3. The van der Waals surface area contributed by atoms with E-state index in [1.54, 1.807) is 0 Å². The number of benzene rings is 10. The van der Waals surface area contributed by atoms with E-state index in [1.165, 1.54) is 44.2 Å². The van der Waals surface area contributed by atoms with Gasteiger partial charge >= 0.3 is 0 Å². The van der Waals surface area contributed by atoms with Crippen LogP contribution in [-0.2, 0) is 5.41 Å². The molecule has 0 aliphatic heterocycles. The molecule has 0 amide bonds. The average molecular weight is 822 g/mol. The van der Waals surface area contributed by atoms with Gasteiger partial charge in [0.2, 0.25) is 0 Å². The summed E-state index contributed by atoms with van der Waals surface area (Å²) in [5.74, 6) is 0. The van der Waals surface area contributed by atoms with Crippen molar-refractivity contribution < 1.29 is 0 Å². The van der Waals surface area contributed by atoms with Crippen LogP contribution in [0.1, 0.15) is 25.0 Å². The molecule has 1 aliphatic rings. The molecule has 0 spiro atoms. The summed E-state index contributed by atoms with van der Waals surface area (Å²) in [6, 6.07) is 90.0. The molecule has 10 aromatic rings. The van der Waals surface area contributed by atoms with E-state index in [4.69, 9.17) is 0 Å². The van der Waals surface area contributed by atoms with Crippen LogP contribution in [0.3, 0.4) is 0 Å². The van der Waals surface area contributed by atoms with Crippen molar-refractivity contribution in [2.45, 2.75) is 19.3 Å². The number of hydrogen-bond donors (Lipinski definition) is 0. The fraction of sp³-hybridized carbons (Fsp3) is 0.0492. The molecule has 0 atom stereocenters. The van der Waals surface area contributed by atoms with Crippen LogP contribution in [0, 0.1) is 0 Å². The smallest absolute Gasteiger partial charge is 0.0503 e. The standard InChI is InChI=1S/C61H47N3/c1-61(2)58-37-21-36-56(55-35-20-23-44-22-18-19-34-54(44)55)60(58)57-39-38-50(43-59(57)61)64(49-32-16-7-17-33-49)53-41-51(62(45-24-8-3-9-25-45)46-26-10-4-11-27-46)40-52(42-53)63(47-28-12-5-13-29-47)48-30-14-6-15-31-48/h3-43H,1-2H3. The lowest BCUT2D eigenvalue weighted by atomic mass is 9.81. The number of fused-ring (bicyclic) bond motifs is 4. The highest BCUT2D eigenvalue weighted by molar-refractivity contribution is 6.03. The second kappa shape index (κ2) is 16.3. The Bertz CT molecular complexity index is 3050. The van der Waals surface area contributed by atoms with Crippen molar-refractivity contribution in [1.82, 2.24) is 0 Å². The van der Waals surface area contributed by atoms with Gasteiger partial charge in [0.25, 0.3) is 0 Å². The summed E-state index contributed by atoms with van der Waals surface area (Å²) in [4.78, 5) is 7.16. The zero-order valence-electron chi connectivity index (χ0n) is 36.0. The summed E-state index contributed by atoms with van der Waals surface area (Å²) in [7, 11) is 0. The molecule has 11 rings (SSSR count). The van der Waals surface area contributed by atoms with Gasteiger partial charge in [-0.25, -0.2) is 0 Å². The van der Waals surface area contributed by atoms with Crippen LogP contribution in [0.5, 0.6) is 0 Å². The third-order valence-corrected chi connectivity index (χ3v) is 12.8. The van der Waals surface area contributed by atoms with Gasteiger partial charge in [-0.05, 0) is 135 Å². The molecule has 0 aromatic heterocycles. The van der Waals surface area contributed by atoms with Gasteiger partial charge in [0.15, 0.2) is 0 Å². The van der Waals surface area contributed by atoms with E-state index in [1.807, 2.05) is 0 Å². The molecule has 0 saturated carbocycles. The van der Waals surface area contributed by atoms with Crippen molar-refractivity contribution in [3.05, 3.63) is 260 Å². The summed E-state index contributed by atoms with van der Waals surface area (Å²) in [5.41, 5.74) is 17.2. The maximum Gasteiger partial charge on any atom is 0.0503 e. The molecule has 64 heavy (non-hydrogen) atoms. The summed E-state index contributed by atoms with van der Waals surface area (Å²) in [6.07, 6.45) is 0. The molecule has 0 N–H and O–H groups in total. The van der Waals surface area contributed by atoms with Gasteiger partial charge in [-0.2, -0.15) is 0 Å².